The molecule has 0 saturated carbocycles. The number of rotatable bonds is 11. The minimum absolute atomic E-state index is 0.150. The summed E-state index contributed by atoms with van der Waals surface area (Å²) in [5.41, 5.74) is 2.01. The van der Waals surface area contributed by atoms with Gasteiger partial charge in [0.05, 0.1) is 11.9 Å². The van der Waals surface area contributed by atoms with E-state index < -0.39 is 28.5 Å². The van der Waals surface area contributed by atoms with Gasteiger partial charge in [-0.15, -0.1) is 0 Å². The Morgan fingerprint density at radius 2 is 1.74 bits per heavy atom. The van der Waals surface area contributed by atoms with Crippen molar-refractivity contribution in [2.45, 2.75) is 46.2 Å². The normalized spacial score (nSPS) is 12.2. The van der Waals surface area contributed by atoms with E-state index in [1.165, 1.54) is 23.1 Å². The molecule has 186 valence electrons. The van der Waals surface area contributed by atoms with Gasteiger partial charge < -0.3 is 10.2 Å². The van der Waals surface area contributed by atoms with Crippen LogP contribution in [-0.2, 0) is 26.2 Å². The van der Waals surface area contributed by atoms with Gasteiger partial charge in [-0.1, -0.05) is 66.4 Å². The highest BCUT2D eigenvalue weighted by atomic mass is 35.5. The summed E-state index contributed by atoms with van der Waals surface area (Å²) in [5.74, 6) is -0.827. The van der Waals surface area contributed by atoms with Gasteiger partial charge in [-0.05, 0) is 44.0 Å². The van der Waals surface area contributed by atoms with Crippen molar-refractivity contribution < 1.29 is 18.0 Å². The van der Waals surface area contributed by atoms with Gasteiger partial charge in [-0.2, -0.15) is 0 Å². The van der Waals surface area contributed by atoms with Crippen molar-refractivity contribution in [2.24, 2.45) is 0 Å². The lowest BCUT2D eigenvalue weighted by atomic mass is 10.1. The number of nitrogens with one attached hydrogen (secondary N) is 1. The van der Waals surface area contributed by atoms with Gasteiger partial charge >= 0.3 is 0 Å². The summed E-state index contributed by atoms with van der Waals surface area (Å²) in [5, 5.41) is 3.33. The molecule has 0 heterocycles. The standard InChI is InChI=1S/C24H31Cl2N3O4S/c1-5-6-10-27-24(31)18(3)28(15-19-9-7-8-17(2)11-19)23(30)16-29(34(4,32)33)22-13-20(25)12-21(26)14-22/h7-9,11-14,18H,5-6,10,15-16H2,1-4H3,(H,27,31)/t18-/m0/s1. The van der Waals surface area contributed by atoms with Crippen molar-refractivity contribution >= 4 is 50.7 Å². The largest absolute Gasteiger partial charge is 0.354 e. The molecule has 0 aliphatic carbocycles. The highest BCUT2D eigenvalue weighted by Crippen LogP contribution is 2.27. The number of carbonyl (C=O) groups excluding carboxylic acids is 2. The minimum Gasteiger partial charge on any atom is -0.354 e. The predicted molar refractivity (Wildman–Crippen MR) is 138 cm³/mol. The van der Waals surface area contributed by atoms with E-state index in [4.69, 9.17) is 23.2 Å². The summed E-state index contributed by atoms with van der Waals surface area (Å²) in [6.45, 7) is 5.74. The number of carbonyl (C=O) groups is 2. The third-order valence-electron chi connectivity index (χ3n) is 5.25. The van der Waals surface area contributed by atoms with Crippen LogP contribution in [0.25, 0.3) is 0 Å². The first-order valence-corrected chi connectivity index (χ1v) is 13.6. The Kier molecular flexibility index (Phi) is 10.2. The molecule has 1 atom stereocenters. The molecule has 34 heavy (non-hydrogen) atoms. The number of amides is 2. The fourth-order valence-corrected chi connectivity index (χ4v) is 4.77. The topological polar surface area (TPSA) is 86.8 Å². The quantitative estimate of drug-likeness (QED) is 0.438. The molecule has 2 rings (SSSR count). The fraction of sp³-hybridized carbons (Fsp3) is 0.417. The second-order valence-electron chi connectivity index (χ2n) is 8.23. The van der Waals surface area contributed by atoms with Crippen LogP contribution in [0.3, 0.4) is 0 Å². The zero-order chi connectivity index (χ0) is 25.5. The van der Waals surface area contributed by atoms with Crippen LogP contribution >= 0.6 is 23.2 Å². The van der Waals surface area contributed by atoms with E-state index in [2.05, 4.69) is 5.32 Å². The van der Waals surface area contributed by atoms with Crippen molar-refractivity contribution in [1.29, 1.82) is 0 Å². The molecule has 2 aromatic rings. The lowest BCUT2D eigenvalue weighted by Crippen LogP contribution is -2.51. The first-order chi connectivity index (χ1) is 15.9. The van der Waals surface area contributed by atoms with Crippen LogP contribution < -0.4 is 9.62 Å². The van der Waals surface area contributed by atoms with Crippen LogP contribution in [0.4, 0.5) is 5.69 Å². The number of halogens is 2. The van der Waals surface area contributed by atoms with Crippen LogP contribution in [0, 0.1) is 6.92 Å². The number of nitrogens with zero attached hydrogens (tertiary/aromatic N) is 2. The summed E-state index contributed by atoms with van der Waals surface area (Å²) in [7, 11) is -3.86. The average Bonchev–Trinajstić information content (AvgIpc) is 2.73. The first-order valence-electron chi connectivity index (χ1n) is 11.0. The number of sulfonamides is 1. The van der Waals surface area contributed by atoms with Crippen LogP contribution in [-0.4, -0.2) is 50.5 Å². The smallest absolute Gasteiger partial charge is 0.244 e. The molecule has 0 radical (unpaired) electrons. The summed E-state index contributed by atoms with van der Waals surface area (Å²) < 4.78 is 26.1. The number of unbranched alkanes of at least 4 members (excludes halogenated alkanes) is 1. The Labute approximate surface area is 212 Å². The van der Waals surface area contributed by atoms with Gasteiger partial charge in [0, 0.05) is 23.1 Å². The van der Waals surface area contributed by atoms with Crippen molar-refractivity contribution in [3.05, 3.63) is 63.6 Å². The summed E-state index contributed by atoms with van der Waals surface area (Å²) in [6, 6.07) is 11.1. The van der Waals surface area contributed by atoms with Crippen LogP contribution in [0.2, 0.25) is 10.0 Å². The molecule has 10 heteroatoms. The molecule has 0 unspecified atom stereocenters. The second-order valence-corrected chi connectivity index (χ2v) is 11.0. The molecular weight excluding hydrogens is 497 g/mol. The van der Waals surface area contributed by atoms with Crippen molar-refractivity contribution in [3.8, 4) is 0 Å². The predicted octanol–water partition coefficient (Wildman–Crippen LogP) is 4.40. The summed E-state index contributed by atoms with van der Waals surface area (Å²) >= 11 is 12.1. The number of benzene rings is 2. The zero-order valence-electron chi connectivity index (χ0n) is 19.8. The number of hydrogen-bond acceptors (Lipinski definition) is 4. The van der Waals surface area contributed by atoms with E-state index in [-0.39, 0.29) is 28.2 Å². The Hall–Kier alpha value is -2.29. The molecule has 0 aliphatic rings. The third-order valence-corrected chi connectivity index (χ3v) is 6.82. The second kappa shape index (κ2) is 12.4. The van der Waals surface area contributed by atoms with Gasteiger partial charge in [-0.25, -0.2) is 8.42 Å². The summed E-state index contributed by atoms with van der Waals surface area (Å²) in [6.07, 6.45) is 2.74. The average molecular weight is 529 g/mol. The highest BCUT2D eigenvalue weighted by molar-refractivity contribution is 7.92. The van der Waals surface area contributed by atoms with Crippen molar-refractivity contribution in [1.82, 2.24) is 10.2 Å². The molecule has 0 spiro atoms. The molecule has 0 saturated heterocycles. The van der Waals surface area contributed by atoms with E-state index in [9.17, 15) is 18.0 Å². The molecule has 2 amide bonds. The lowest BCUT2D eigenvalue weighted by molar-refractivity contribution is -0.139. The molecule has 2 aromatic carbocycles. The molecule has 0 aliphatic heterocycles. The molecule has 1 N–H and O–H groups in total. The maximum atomic E-state index is 13.5. The highest BCUT2D eigenvalue weighted by Gasteiger charge is 2.30. The Morgan fingerprint density at radius 1 is 1.09 bits per heavy atom. The van der Waals surface area contributed by atoms with E-state index in [1.54, 1.807) is 6.92 Å². The summed E-state index contributed by atoms with van der Waals surface area (Å²) in [4.78, 5) is 27.7. The van der Waals surface area contributed by atoms with Crippen molar-refractivity contribution in [2.75, 3.05) is 23.7 Å². The number of anilines is 1. The fourth-order valence-electron chi connectivity index (χ4n) is 3.42. The number of hydrogen-bond donors (Lipinski definition) is 1. The number of aryl methyl sites for hydroxylation is 1. The molecule has 0 bridgehead atoms. The van der Waals surface area contributed by atoms with Gasteiger partial charge in [0.1, 0.15) is 12.6 Å². The Bertz CT molecular complexity index is 1100. The Balaban J connectivity index is 2.38. The molecule has 0 fully saturated rings. The van der Waals surface area contributed by atoms with Crippen LogP contribution in [0.15, 0.2) is 42.5 Å². The van der Waals surface area contributed by atoms with E-state index in [0.717, 1.165) is 34.5 Å². The van der Waals surface area contributed by atoms with E-state index in [0.29, 0.717) is 6.54 Å². The lowest BCUT2D eigenvalue weighted by Gasteiger charge is -2.31. The van der Waals surface area contributed by atoms with Gasteiger partial charge in [0.15, 0.2) is 0 Å². The maximum Gasteiger partial charge on any atom is 0.244 e. The maximum absolute atomic E-state index is 13.5. The zero-order valence-corrected chi connectivity index (χ0v) is 22.2. The van der Waals surface area contributed by atoms with E-state index in [1.807, 2.05) is 38.1 Å². The van der Waals surface area contributed by atoms with Gasteiger partial charge in [0.2, 0.25) is 21.8 Å². The van der Waals surface area contributed by atoms with Crippen molar-refractivity contribution in [3.63, 3.8) is 0 Å². The van der Waals surface area contributed by atoms with E-state index >= 15 is 0 Å². The minimum atomic E-state index is -3.86. The Morgan fingerprint density at radius 3 is 2.29 bits per heavy atom. The SMILES string of the molecule is CCCCNC(=O)[C@H](C)N(Cc1cccc(C)c1)C(=O)CN(c1cc(Cl)cc(Cl)c1)S(C)(=O)=O. The third kappa shape index (κ3) is 8.18. The molecule has 7 nitrogen and oxygen atoms in total. The monoisotopic (exact) mass is 527 g/mol. The first kappa shape index (κ1) is 28.0. The van der Waals surface area contributed by atoms with Crippen LogP contribution in [0.1, 0.15) is 37.8 Å². The van der Waals surface area contributed by atoms with Gasteiger partial charge in [0.25, 0.3) is 0 Å². The molecular formula is C24H31Cl2N3O4S. The molecule has 0 aromatic heterocycles. The van der Waals surface area contributed by atoms with Crippen LogP contribution in [0.5, 0.6) is 0 Å². The van der Waals surface area contributed by atoms with Gasteiger partial charge in [-0.3, -0.25) is 13.9 Å².